The molecule has 1 aromatic carbocycles. The van der Waals surface area contributed by atoms with Crippen molar-refractivity contribution in [3.63, 3.8) is 0 Å². The lowest BCUT2D eigenvalue weighted by molar-refractivity contribution is -0.384. The van der Waals surface area contributed by atoms with Crippen molar-refractivity contribution < 1.29 is 26.8 Å². The van der Waals surface area contributed by atoms with Crippen LogP contribution in [0.1, 0.15) is 23.7 Å². The number of rotatable bonds is 5. The summed E-state index contributed by atoms with van der Waals surface area (Å²) in [6.45, 7) is 1.12. The summed E-state index contributed by atoms with van der Waals surface area (Å²) in [6.07, 6.45) is -0.214. The molecule has 1 aromatic rings. The van der Waals surface area contributed by atoms with Crippen LogP contribution in [0.4, 0.5) is 15.3 Å². The molecule has 8 nitrogen and oxygen atoms in total. The number of hydrogen-bond acceptors (Lipinski definition) is 6. The van der Waals surface area contributed by atoms with E-state index in [1.165, 1.54) is 19.1 Å². The van der Waals surface area contributed by atoms with Gasteiger partial charge in [0.1, 0.15) is 5.69 Å². The highest BCUT2D eigenvalue weighted by Gasteiger charge is 2.36. The first kappa shape index (κ1) is 17.0. The van der Waals surface area contributed by atoms with Crippen LogP contribution in [0.25, 0.3) is 0 Å². The largest absolute Gasteiger partial charge is 0.306 e. The van der Waals surface area contributed by atoms with Gasteiger partial charge in [0.25, 0.3) is 5.69 Å². The summed E-state index contributed by atoms with van der Waals surface area (Å²) in [7, 11) is -4.74. The summed E-state index contributed by atoms with van der Waals surface area (Å²) in [5.41, 5.74) is -0.353. The molecular formula is C13H13FN2O6S. The topological polar surface area (TPSA) is 115 Å². The summed E-state index contributed by atoms with van der Waals surface area (Å²) in [6, 6.07) is 3.67. The van der Waals surface area contributed by atoms with Crippen LogP contribution >= 0.6 is 0 Å². The Labute approximate surface area is 131 Å². The molecule has 1 amide bonds. The number of benzene rings is 1. The van der Waals surface area contributed by atoms with E-state index in [-0.39, 0.29) is 30.0 Å². The van der Waals surface area contributed by atoms with Crippen molar-refractivity contribution >= 4 is 33.3 Å². The minimum atomic E-state index is -4.74. The third-order valence-electron chi connectivity index (χ3n) is 3.51. The molecule has 1 aliphatic rings. The van der Waals surface area contributed by atoms with Gasteiger partial charge >= 0.3 is 10.2 Å². The molecule has 1 unspecified atom stereocenters. The van der Waals surface area contributed by atoms with Crippen LogP contribution in [0.5, 0.6) is 0 Å². The second-order valence-corrected chi connectivity index (χ2v) is 6.71. The first-order chi connectivity index (χ1) is 10.6. The molecule has 1 aliphatic heterocycles. The standard InChI is InChI=1S/C13H13FN2O6S/c1-8(17)10-2-3-11(12(5-10)16(19)20)15-6-9(4-13(15)18)7-23(14,21)22/h2-3,5,9H,4,6-7H2,1H3. The number of nitrogens with zero attached hydrogens (tertiary/aromatic N) is 2. The van der Waals surface area contributed by atoms with Gasteiger partial charge in [0.2, 0.25) is 5.91 Å². The van der Waals surface area contributed by atoms with E-state index in [1.54, 1.807) is 0 Å². The summed E-state index contributed by atoms with van der Waals surface area (Å²) < 4.78 is 34.1. The quantitative estimate of drug-likeness (QED) is 0.345. The molecule has 1 fully saturated rings. The number of carbonyl (C=O) groups excluding carboxylic acids is 2. The Bertz CT molecular complexity index is 792. The van der Waals surface area contributed by atoms with E-state index in [0.717, 1.165) is 11.0 Å². The Morgan fingerprint density at radius 3 is 2.65 bits per heavy atom. The highest BCUT2D eigenvalue weighted by Crippen LogP contribution is 2.34. The van der Waals surface area contributed by atoms with Crippen molar-refractivity contribution in [3.05, 3.63) is 33.9 Å². The van der Waals surface area contributed by atoms with Crippen LogP contribution < -0.4 is 4.90 Å². The smallest absolute Gasteiger partial charge is 0.302 e. The van der Waals surface area contributed by atoms with Gasteiger partial charge in [0, 0.05) is 30.5 Å². The molecule has 1 atom stereocenters. The van der Waals surface area contributed by atoms with E-state index in [2.05, 4.69) is 0 Å². The molecule has 1 heterocycles. The second kappa shape index (κ2) is 6.03. The molecule has 23 heavy (non-hydrogen) atoms. The van der Waals surface area contributed by atoms with Crippen molar-refractivity contribution in [2.75, 3.05) is 17.2 Å². The zero-order chi connectivity index (χ0) is 17.4. The van der Waals surface area contributed by atoms with Crippen LogP contribution in [0.2, 0.25) is 0 Å². The monoisotopic (exact) mass is 344 g/mol. The van der Waals surface area contributed by atoms with Crippen molar-refractivity contribution in [1.82, 2.24) is 0 Å². The maximum atomic E-state index is 12.7. The Balaban J connectivity index is 2.36. The molecule has 0 N–H and O–H groups in total. The lowest BCUT2D eigenvalue weighted by Crippen LogP contribution is -2.26. The molecule has 0 bridgehead atoms. The van der Waals surface area contributed by atoms with Gasteiger partial charge in [-0.15, -0.1) is 3.89 Å². The van der Waals surface area contributed by atoms with Gasteiger partial charge in [0.05, 0.1) is 10.7 Å². The maximum absolute atomic E-state index is 12.7. The van der Waals surface area contributed by atoms with E-state index in [9.17, 15) is 32.0 Å². The summed E-state index contributed by atoms with van der Waals surface area (Å²) >= 11 is 0. The number of nitro benzene ring substituents is 1. The van der Waals surface area contributed by atoms with Crippen LogP contribution in [0, 0.1) is 16.0 Å². The van der Waals surface area contributed by atoms with E-state index in [1.807, 2.05) is 0 Å². The van der Waals surface area contributed by atoms with Gasteiger partial charge in [-0.3, -0.25) is 19.7 Å². The Morgan fingerprint density at radius 2 is 2.13 bits per heavy atom. The molecule has 0 saturated carbocycles. The van der Waals surface area contributed by atoms with Gasteiger partial charge < -0.3 is 4.90 Å². The van der Waals surface area contributed by atoms with Crippen molar-refractivity contribution in [3.8, 4) is 0 Å². The zero-order valence-corrected chi connectivity index (χ0v) is 12.9. The lowest BCUT2D eigenvalue weighted by Gasteiger charge is -2.17. The maximum Gasteiger partial charge on any atom is 0.302 e. The number of amides is 1. The average Bonchev–Trinajstić information content (AvgIpc) is 2.76. The van der Waals surface area contributed by atoms with Gasteiger partial charge in [0.15, 0.2) is 5.78 Å². The highest BCUT2D eigenvalue weighted by atomic mass is 32.3. The number of nitro groups is 1. The lowest BCUT2D eigenvalue weighted by atomic mass is 10.1. The second-order valence-electron chi connectivity index (χ2n) is 5.30. The molecule has 0 aromatic heterocycles. The first-order valence-electron chi connectivity index (χ1n) is 6.60. The zero-order valence-electron chi connectivity index (χ0n) is 12.1. The Morgan fingerprint density at radius 1 is 1.48 bits per heavy atom. The average molecular weight is 344 g/mol. The van der Waals surface area contributed by atoms with Crippen LogP contribution in [-0.2, 0) is 15.0 Å². The highest BCUT2D eigenvalue weighted by molar-refractivity contribution is 7.86. The number of Topliss-reactive ketones (excluding diaryl/α,β-unsaturated/α-hetero) is 1. The first-order valence-corrected chi connectivity index (χ1v) is 8.16. The van der Waals surface area contributed by atoms with Gasteiger partial charge in [-0.2, -0.15) is 8.42 Å². The normalized spacial score (nSPS) is 18.3. The van der Waals surface area contributed by atoms with Crippen LogP contribution in [0.3, 0.4) is 0 Å². The number of anilines is 1. The minimum Gasteiger partial charge on any atom is -0.306 e. The summed E-state index contributed by atoms with van der Waals surface area (Å²) in [5, 5.41) is 11.2. The minimum absolute atomic E-state index is 0.0382. The van der Waals surface area contributed by atoms with E-state index in [0.29, 0.717) is 0 Å². The van der Waals surface area contributed by atoms with Gasteiger partial charge in [-0.1, -0.05) is 0 Å². The van der Waals surface area contributed by atoms with E-state index in [4.69, 9.17) is 0 Å². The summed E-state index contributed by atoms with van der Waals surface area (Å²) in [5.74, 6) is -2.48. The fourth-order valence-electron chi connectivity index (χ4n) is 2.52. The molecule has 0 spiro atoms. The number of ketones is 1. The fourth-order valence-corrected chi connectivity index (χ4v) is 3.31. The van der Waals surface area contributed by atoms with E-state index >= 15 is 0 Å². The SMILES string of the molecule is CC(=O)c1ccc(N2CC(CS(=O)(=O)F)CC2=O)c([N+](=O)[O-])c1. The van der Waals surface area contributed by atoms with Gasteiger partial charge in [-0.05, 0) is 19.1 Å². The molecule has 10 heteroatoms. The Kier molecular flexibility index (Phi) is 4.46. The molecule has 2 rings (SSSR count). The predicted molar refractivity (Wildman–Crippen MR) is 78.5 cm³/mol. The van der Waals surface area contributed by atoms with Crippen molar-refractivity contribution in [2.24, 2.45) is 5.92 Å². The molecular weight excluding hydrogens is 331 g/mol. The van der Waals surface area contributed by atoms with Crippen molar-refractivity contribution in [2.45, 2.75) is 13.3 Å². The third kappa shape index (κ3) is 3.89. The molecule has 0 aliphatic carbocycles. The molecule has 0 radical (unpaired) electrons. The number of carbonyl (C=O) groups is 2. The summed E-state index contributed by atoms with van der Waals surface area (Å²) in [4.78, 5) is 34.8. The number of halogens is 1. The van der Waals surface area contributed by atoms with Crippen LogP contribution in [0.15, 0.2) is 18.2 Å². The van der Waals surface area contributed by atoms with Crippen LogP contribution in [-0.4, -0.2) is 37.3 Å². The Hall–Kier alpha value is -2.36. The number of hydrogen-bond donors (Lipinski definition) is 0. The van der Waals surface area contributed by atoms with E-state index < -0.39 is 38.4 Å². The van der Waals surface area contributed by atoms with Crippen molar-refractivity contribution in [1.29, 1.82) is 0 Å². The van der Waals surface area contributed by atoms with Gasteiger partial charge in [-0.25, -0.2) is 0 Å². The molecule has 1 saturated heterocycles. The molecule has 124 valence electrons. The fraction of sp³-hybridized carbons (Fsp3) is 0.385. The third-order valence-corrected chi connectivity index (χ3v) is 4.38. The predicted octanol–water partition coefficient (Wildman–Crippen LogP) is 1.45.